The van der Waals surface area contributed by atoms with E-state index in [4.69, 9.17) is 26.6 Å². The lowest BCUT2D eigenvalue weighted by Crippen LogP contribution is -2.05. The molecule has 0 aliphatic heterocycles. The van der Waals surface area contributed by atoms with Gasteiger partial charge in [0.05, 0.1) is 12.3 Å². The van der Waals surface area contributed by atoms with Crippen LogP contribution in [-0.4, -0.2) is 28.3 Å². The second-order valence-electron chi connectivity index (χ2n) is 3.90. The second kappa shape index (κ2) is 5.86. The zero-order valence-corrected chi connectivity index (χ0v) is 10.6. The summed E-state index contributed by atoms with van der Waals surface area (Å²) in [4.78, 5) is 7.82. The monoisotopic (exact) mass is 271 g/mol. The molecule has 0 amide bonds. The average molecular weight is 271 g/mol. The van der Waals surface area contributed by atoms with Crippen LogP contribution in [0.3, 0.4) is 0 Å². The number of nitrogens with two attached hydrogens (primary N) is 2. The number of aliphatic hydroxyl groups is 1. The number of nitrogens with zero attached hydrogens (tertiary/aromatic N) is 3. The maximum absolute atomic E-state index is 9.15. The van der Waals surface area contributed by atoms with Crippen LogP contribution in [0, 0.1) is 11.3 Å². The third kappa shape index (κ3) is 2.76. The van der Waals surface area contributed by atoms with E-state index in [9.17, 15) is 0 Å². The molecule has 20 heavy (non-hydrogen) atoms. The number of hydrogen-bond donors (Lipinski definition) is 3. The van der Waals surface area contributed by atoms with Gasteiger partial charge in [-0.15, -0.1) is 0 Å². The molecule has 7 nitrogen and oxygen atoms in total. The molecule has 1 aromatic heterocycles. The van der Waals surface area contributed by atoms with Crippen LogP contribution in [-0.2, 0) is 0 Å². The van der Waals surface area contributed by atoms with Crippen molar-refractivity contribution < 1.29 is 9.84 Å². The lowest BCUT2D eigenvalue weighted by atomic mass is 10.1. The Morgan fingerprint density at radius 2 is 2.10 bits per heavy atom. The van der Waals surface area contributed by atoms with Gasteiger partial charge in [0.25, 0.3) is 0 Å². The van der Waals surface area contributed by atoms with Crippen LogP contribution >= 0.6 is 0 Å². The third-order valence-electron chi connectivity index (χ3n) is 2.53. The second-order valence-corrected chi connectivity index (χ2v) is 3.90. The van der Waals surface area contributed by atoms with Gasteiger partial charge in [0, 0.05) is 5.56 Å². The van der Waals surface area contributed by atoms with Crippen LogP contribution in [0.2, 0.25) is 0 Å². The zero-order valence-electron chi connectivity index (χ0n) is 10.6. The predicted octanol–water partition coefficient (Wildman–Crippen LogP) is 0.551. The molecule has 7 heteroatoms. The van der Waals surface area contributed by atoms with Gasteiger partial charge in [-0.25, -0.2) is 4.98 Å². The van der Waals surface area contributed by atoms with Gasteiger partial charge in [-0.05, 0) is 12.1 Å². The normalized spacial score (nSPS) is 10.0. The summed E-state index contributed by atoms with van der Waals surface area (Å²) in [6.45, 7) is 0.101. The van der Waals surface area contributed by atoms with Crippen molar-refractivity contribution in [2.24, 2.45) is 0 Å². The number of aromatic nitrogens is 2. The van der Waals surface area contributed by atoms with Crippen LogP contribution in [0.1, 0.15) is 5.56 Å². The van der Waals surface area contributed by atoms with Gasteiger partial charge >= 0.3 is 0 Å². The van der Waals surface area contributed by atoms with E-state index in [1.165, 1.54) is 0 Å². The third-order valence-corrected chi connectivity index (χ3v) is 2.53. The Morgan fingerprint density at radius 1 is 1.30 bits per heavy atom. The number of benzene rings is 1. The molecule has 0 saturated carbocycles. The molecule has 2 rings (SSSR count). The highest BCUT2D eigenvalue weighted by Crippen LogP contribution is 2.27. The Morgan fingerprint density at radius 3 is 2.80 bits per heavy atom. The van der Waals surface area contributed by atoms with Crippen molar-refractivity contribution in [2.75, 3.05) is 24.7 Å². The first-order valence-corrected chi connectivity index (χ1v) is 5.83. The number of aliphatic hydroxyl groups excluding tert-OH is 1. The van der Waals surface area contributed by atoms with Gasteiger partial charge in [-0.1, -0.05) is 12.1 Å². The van der Waals surface area contributed by atoms with Crippen LogP contribution in [0.25, 0.3) is 11.3 Å². The zero-order chi connectivity index (χ0) is 14.5. The molecule has 0 aliphatic rings. The summed E-state index contributed by atoms with van der Waals surface area (Å²) in [6, 6.07) is 8.90. The fraction of sp³-hybridized carbons (Fsp3) is 0.154. The Kier molecular flexibility index (Phi) is 3.98. The first-order valence-electron chi connectivity index (χ1n) is 5.83. The summed E-state index contributed by atoms with van der Waals surface area (Å²) in [5.74, 6) is 0.589. The maximum Gasteiger partial charge on any atom is 0.222 e. The van der Waals surface area contributed by atoms with Gasteiger partial charge in [0.15, 0.2) is 0 Å². The number of hydrogen-bond acceptors (Lipinski definition) is 7. The summed E-state index contributed by atoms with van der Waals surface area (Å²) < 4.78 is 5.31. The van der Waals surface area contributed by atoms with Crippen LogP contribution < -0.4 is 16.2 Å². The molecule has 0 aliphatic carbocycles. The lowest BCUT2D eigenvalue weighted by Gasteiger charge is -2.09. The van der Waals surface area contributed by atoms with Crippen molar-refractivity contribution in [3.8, 4) is 23.1 Å². The highest BCUT2D eigenvalue weighted by atomic mass is 16.5. The van der Waals surface area contributed by atoms with E-state index < -0.39 is 0 Å². The van der Waals surface area contributed by atoms with E-state index in [0.717, 1.165) is 0 Å². The molecule has 0 bridgehead atoms. The van der Waals surface area contributed by atoms with Gasteiger partial charge in [-0.2, -0.15) is 10.2 Å². The Bertz CT molecular complexity index is 666. The van der Waals surface area contributed by atoms with Crippen LogP contribution in [0.15, 0.2) is 24.3 Å². The minimum atomic E-state index is -0.0823. The Labute approximate surface area is 115 Å². The highest BCUT2D eigenvalue weighted by molar-refractivity contribution is 5.73. The minimum Gasteiger partial charge on any atom is -0.491 e. The smallest absolute Gasteiger partial charge is 0.222 e. The first kappa shape index (κ1) is 13.6. The van der Waals surface area contributed by atoms with Crippen molar-refractivity contribution in [3.05, 3.63) is 29.8 Å². The lowest BCUT2D eigenvalue weighted by molar-refractivity contribution is 0.201. The van der Waals surface area contributed by atoms with Crippen molar-refractivity contribution >= 4 is 11.8 Å². The number of anilines is 2. The molecule has 0 fully saturated rings. The molecule has 0 radical (unpaired) electrons. The Hall–Kier alpha value is -2.85. The summed E-state index contributed by atoms with van der Waals surface area (Å²) in [7, 11) is 0. The van der Waals surface area contributed by atoms with Gasteiger partial charge in [0.2, 0.25) is 5.95 Å². The molecular formula is C13H13N5O2. The quantitative estimate of drug-likeness (QED) is 0.739. The van der Waals surface area contributed by atoms with Crippen molar-refractivity contribution in [1.29, 1.82) is 5.26 Å². The molecule has 1 aromatic carbocycles. The van der Waals surface area contributed by atoms with Crippen molar-refractivity contribution in [1.82, 2.24) is 9.97 Å². The number of nitrogen functional groups attached to an aromatic ring is 2. The first-order chi connectivity index (χ1) is 9.65. The standard InChI is InChI=1S/C13H13N5O2/c14-7-10-11(17-13(16)18-12(10)15)8-2-1-3-9(6-8)20-5-4-19/h1-3,6,19H,4-5H2,(H4,15,16,17,18). The van der Waals surface area contributed by atoms with E-state index in [0.29, 0.717) is 17.0 Å². The largest absolute Gasteiger partial charge is 0.491 e. The molecule has 5 N–H and O–H groups in total. The van der Waals surface area contributed by atoms with Gasteiger partial charge < -0.3 is 21.3 Å². The fourth-order valence-corrected chi connectivity index (χ4v) is 1.71. The van der Waals surface area contributed by atoms with Crippen molar-refractivity contribution in [2.45, 2.75) is 0 Å². The predicted molar refractivity (Wildman–Crippen MR) is 73.6 cm³/mol. The fourth-order valence-electron chi connectivity index (χ4n) is 1.71. The van der Waals surface area contributed by atoms with Gasteiger partial charge in [-0.3, -0.25) is 0 Å². The summed E-state index contributed by atoms with van der Waals surface area (Å²) >= 11 is 0. The van der Waals surface area contributed by atoms with Gasteiger partial charge in [0.1, 0.15) is 29.8 Å². The summed E-state index contributed by atoms with van der Waals surface area (Å²) in [6.07, 6.45) is 0. The maximum atomic E-state index is 9.15. The van der Waals surface area contributed by atoms with Crippen molar-refractivity contribution in [3.63, 3.8) is 0 Å². The molecule has 0 unspecified atom stereocenters. The molecule has 0 spiro atoms. The summed E-state index contributed by atoms with van der Waals surface area (Å²) in [5.41, 5.74) is 12.4. The van der Waals surface area contributed by atoms with E-state index in [1.54, 1.807) is 24.3 Å². The Balaban J connectivity index is 2.49. The molecule has 2 aromatic rings. The van der Waals surface area contributed by atoms with E-state index in [2.05, 4.69) is 9.97 Å². The SMILES string of the molecule is N#Cc1c(N)nc(N)nc1-c1cccc(OCCO)c1. The summed E-state index contributed by atoms with van der Waals surface area (Å²) in [5, 5.41) is 17.9. The molecule has 0 atom stereocenters. The topological polar surface area (TPSA) is 131 Å². The van der Waals surface area contributed by atoms with E-state index >= 15 is 0 Å². The molecule has 0 saturated heterocycles. The van der Waals surface area contributed by atoms with Crippen LogP contribution in [0.4, 0.5) is 11.8 Å². The highest BCUT2D eigenvalue weighted by Gasteiger charge is 2.13. The molecule has 1 heterocycles. The number of nitriles is 1. The molecular weight excluding hydrogens is 258 g/mol. The number of ether oxygens (including phenoxy) is 1. The van der Waals surface area contributed by atoms with E-state index in [1.807, 2.05) is 6.07 Å². The minimum absolute atomic E-state index is 0.00169. The average Bonchev–Trinajstić information content (AvgIpc) is 2.44. The molecule has 102 valence electrons. The van der Waals surface area contributed by atoms with Crippen LogP contribution in [0.5, 0.6) is 5.75 Å². The number of rotatable bonds is 4. The van der Waals surface area contributed by atoms with E-state index in [-0.39, 0.29) is 30.5 Å².